The molecule has 0 aliphatic rings. The quantitative estimate of drug-likeness (QED) is 0.120. The maximum absolute atomic E-state index is 10.1. The molecule has 0 unspecified atom stereocenters. The Labute approximate surface area is 566 Å². The zero-order chi connectivity index (χ0) is 65.6. The van der Waals surface area contributed by atoms with Gasteiger partial charge in [0.25, 0.3) is 0 Å². The maximum Gasteiger partial charge on any atom is 0.164 e. The highest BCUT2D eigenvalue weighted by Gasteiger charge is 2.24. The van der Waals surface area contributed by atoms with Crippen LogP contribution < -0.4 is 0 Å². The van der Waals surface area contributed by atoms with E-state index >= 15 is 0 Å². The zero-order valence-corrected chi connectivity index (χ0v) is 52.8. The third-order valence-electron chi connectivity index (χ3n) is 18.7. The van der Waals surface area contributed by atoms with Crippen LogP contribution in [0.2, 0.25) is 0 Å². The molecular weight excluding hydrogens is 1190 g/mol. The monoisotopic (exact) mass is 1250 g/mol. The van der Waals surface area contributed by atoms with E-state index in [-0.39, 0.29) is 0 Å². The van der Waals surface area contributed by atoms with Crippen molar-refractivity contribution in [2.45, 2.75) is 0 Å². The second kappa shape index (κ2) is 24.6. The van der Waals surface area contributed by atoms with Crippen molar-refractivity contribution < 1.29 is 0 Å². The Bertz CT molecular complexity index is 5580. The Morgan fingerprint density at radius 1 is 0.204 bits per heavy atom. The van der Waals surface area contributed by atoms with Gasteiger partial charge in [-0.2, -0.15) is 15.8 Å². The van der Waals surface area contributed by atoms with Crippen LogP contribution in [0.25, 0.3) is 167 Å². The molecule has 3 aromatic heterocycles. The molecule has 3 heterocycles. The molecule has 0 fully saturated rings. The van der Waals surface area contributed by atoms with Crippen LogP contribution in [-0.2, 0) is 0 Å². The number of hydrogen-bond acceptors (Lipinski definition) is 6. The fourth-order valence-corrected chi connectivity index (χ4v) is 13.9. The van der Waals surface area contributed by atoms with E-state index in [1.807, 2.05) is 115 Å². The van der Waals surface area contributed by atoms with Gasteiger partial charge in [0, 0.05) is 49.4 Å². The molecule has 0 amide bonds. The summed E-state index contributed by atoms with van der Waals surface area (Å²) in [5.41, 5.74) is 24.3. The number of aromatic nitrogens is 5. The van der Waals surface area contributed by atoms with Gasteiger partial charge >= 0.3 is 0 Å². The third kappa shape index (κ3) is 10.5. The lowest BCUT2D eigenvalue weighted by molar-refractivity contribution is 1.07. The summed E-state index contributed by atoms with van der Waals surface area (Å²) in [4.78, 5) is 16.5. The highest BCUT2D eigenvalue weighted by molar-refractivity contribution is 6.14. The van der Waals surface area contributed by atoms with Gasteiger partial charge in [0.2, 0.25) is 0 Å². The van der Waals surface area contributed by atoms with Gasteiger partial charge in [-0.05, 0) is 188 Å². The minimum Gasteiger partial charge on any atom is -0.309 e. The van der Waals surface area contributed by atoms with Crippen LogP contribution in [0.15, 0.2) is 328 Å². The topological polar surface area (TPSA) is 120 Å². The normalized spacial score (nSPS) is 11.2. The van der Waals surface area contributed by atoms with Gasteiger partial charge in [-0.25, -0.2) is 15.0 Å². The third-order valence-corrected chi connectivity index (χ3v) is 18.7. The van der Waals surface area contributed by atoms with Crippen molar-refractivity contribution in [1.29, 1.82) is 15.8 Å². The first-order valence-corrected chi connectivity index (χ1v) is 32.5. The highest BCUT2D eigenvalue weighted by Crippen LogP contribution is 2.45. The number of hydrogen-bond donors (Lipinski definition) is 0. The van der Waals surface area contributed by atoms with Crippen molar-refractivity contribution in [2.24, 2.45) is 0 Å². The molecule has 8 nitrogen and oxygen atoms in total. The van der Waals surface area contributed by atoms with Crippen molar-refractivity contribution in [3.63, 3.8) is 0 Å². The Balaban J connectivity index is 0.892. The predicted octanol–water partition coefficient (Wildman–Crippen LogP) is 22.4. The number of benzene rings is 14. The number of nitrogens with zero attached hydrogens (tertiary/aromatic N) is 8. The maximum atomic E-state index is 10.1. The van der Waals surface area contributed by atoms with Gasteiger partial charge in [0.15, 0.2) is 17.5 Å². The number of nitriles is 3. The minimum absolute atomic E-state index is 0.443. The molecule has 454 valence electrons. The van der Waals surface area contributed by atoms with Crippen LogP contribution in [0.5, 0.6) is 0 Å². The fraction of sp³-hybridized carbons (Fsp3) is 0. The first kappa shape index (κ1) is 58.0. The predicted molar refractivity (Wildman–Crippen MR) is 397 cm³/mol. The first-order chi connectivity index (χ1) is 48.4. The Hall–Kier alpha value is -13.8. The van der Waals surface area contributed by atoms with E-state index in [0.29, 0.717) is 34.2 Å². The molecule has 17 rings (SSSR count). The SMILES string of the molecule is N#Cc1ccc(-c2ccccc2-c2nc(-c3ccc(-n4c5ccc(-c6ccccc6)cc5c5cc(-c6ccccc6)ccc54)c(-c4ccc(C#N)cc4)c3)nc(-c3ccc(-n4c5ccc(-c6ccccc6)cc5c5cc(-c6ccccc6)ccc54)c(-c4ccc(C#N)cc4)c3)n2)cc1. The average molecular weight is 1250 g/mol. The van der Waals surface area contributed by atoms with E-state index in [2.05, 4.69) is 240 Å². The number of fused-ring (bicyclic) bond motifs is 6. The fourth-order valence-electron chi connectivity index (χ4n) is 13.9. The molecule has 8 heteroatoms. The van der Waals surface area contributed by atoms with Gasteiger partial charge in [-0.15, -0.1) is 0 Å². The van der Waals surface area contributed by atoms with Crippen LogP contribution in [-0.4, -0.2) is 24.1 Å². The molecule has 14 aromatic carbocycles. The minimum atomic E-state index is 0.443. The summed E-state index contributed by atoms with van der Waals surface area (Å²) in [5, 5.41) is 34.6. The summed E-state index contributed by atoms with van der Waals surface area (Å²) < 4.78 is 4.72. The van der Waals surface area contributed by atoms with Crippen molar-refractivity contribution in [3.8, 4) is 142 Å². The summed E-state index contributed by atoms with van der Waals surface area (Å²) >= 11 is 0. The smallest absolute Gasteiger partial charge is 0.164 e. The van der Waals surface area contributed by atoms with E-state index < -0.39 is 0 Å². The lowest BCUT2D eigenvalue weighted by Crippen LogP contribution is -2.03. The van der Waals surface area contributed by atoms with Crippen LogP contribution in [0.4, 0.5) is 0 Å². The molecule has 0 bridgehead atoms. The Morgan fingerprint density at radius 2 is 0.469 bits per heavy atom. The van der Waals surface area contributed by atoms with Gasteiger partial charge in [0.05, 0.1) is 68.3 Å². The van der Waals surface area contributed by atoms with Crippen molar-refractivity contribution in [2.75, 3.05) is 0 Å². The van der Waals surface area contributed by atoms with E-state index in [1.54, 1.807) is 0 Å². The van der Waals surface area contributed by atoms with Gasteiger partial charge < -0.3 is 9.13 Å². The molecule has 0 aliphatic carbocycles. The van der Waals surface area contributed by atoms with Crippen LogP contribution in [0.3, 0.4) is 0 Å². The highest BCUT2D eigenvalue weighted by atomic mass is 15.0. The average Bonchev–Trinajstić information content (AvgIpc) is 1.56. The molecule has 0 radical (unpaired) electrons. The van der Waals surface area contributed by atoms with E-state index in [0.717, 1.165) is 150 Å². The lowest BCUT2D eigenvalue weighted by atomic mass is 9.97. The van der Waals surface area contributed by atoms with Crippen molar-refractivity contribution >= 4 is 43.6 Å². The molecule has 0 aliphatic heterocycles. The second-order valence-corrected chi connectivity index (χ2v) is 24.4. The van der Waals surface area contributed by atoms with Crippen molar-refractivity contribution in [1.82, 2.24) is 24.1 Å². The molecule has 0 saturated carbocycles. The van der Waals surface area contributed by atoms with Crippen LogP contribution in [0, 0.1) is 34.0 Å². The second-order valence-electron chi connectivity index (χ2n) is 24.4. The van der Waals surface area contributed by atoms with E-state index in [9.17, 15) is 15.8 Å². The largest absolute Gasteiger partial charge is 0.309 e. The lowest BCUT2D eigenvalue weighted by Gasteiger charge is -2.18. The molecule has 0 saturated heterocycles. The van der Waals surface area contributed by atoms with Crippen molar-refractivity contribution in [3.05, 3.63) is 344 Å². The van der Waals surface area contributed by atoms with Crippen LogP contribution in [0.1, 0.15) is 16.7 Å². The molecule has 17 aromatic rings. The summed E-state index contributed by atoms with van der Waals surface area (Å²) in [6.07, 6.45) is 0. The van der Waals surface area contributed by atoms with Crippen LogP contribution >= 0.6 is 0 Å². The Morgan fingerprint density at radius 3 is 0.786 bits per heavy atom. The molecule has 0 N–H and O–H groups in total. The van der Waals surface area contributed by atoms with Gasteiger partial charge in [0.1, 0.15) is 0 Å². The molecule has 0 spiro atoms. The zero-order valence-electron chi connectivity index (χ0n) is 52.8. The number of rotatable bonds is 12. The molecular formula is C90H54N8. The summed E-state index contributed by atoms with van der Waals surface area (Å²) in [6, 6.07) is 120. The standard InChI is InChI=1S/C90H54N8/c91-55-58-25-31-65(32-26-58)74-23-13-14-24-75(74)90-95-88(72-41-47-82(76(53-72)66-33-27-59(56-92)28-34-66)97-84-43-37-68(61-15-5-1-6-16-61)49-78(84)79-50-69(38-44-85(79)97)62-17-7-2-8-18-62)94-89(96-90)73-42-48-83(77(54-73)67-35-29-60(57-93)30-36-67)98-86-45-39-70(63-19-9-3-10-20-63)51-80(86)81-52-71(40-46-87(81)98)64-21-11-4-12-22-64/h1-54H. The van der Waals surface area contributed by atoms with Gasteiger partial charge in [-0.1, -0.05) is 206 Å². The van der Waals surface area contributed by atoms with E-state index in [4.69, 9.17) is 15.0 Å². The molecule has 0 atom stereocenters. The summed E-state index contributed by atoms with van der Waals surface area (Å²) in [6.45, 7) is 0. The summed E-state index contributed by atoms with van der Waals surface area (Å²) in [5.74, 6) is 1.34. The first-order valence-electron chi connectivity index (χ1n) is 32.5. The van der Waals surface area contributed by atoms with E-state index in [1.165, 1.54) is 0 Å². The Kier molecular flexibility index (Phi) is 14.5. The summed E-state index contributed by atoms with van der Waals surface area (Å²) in [7, 11) is 0. The van der Waals surface area contributed by atoms with Gasteiger partial charge in [-0.3, -0.25) is 0 Å². The molecule has 98 heavy (non-hydrogen) atoms.